The van der Waals surface area contributed by atoms with Crippen molar-refractivity contribution >= 4 is 28.5 Å². The maximum atomic E-state index is 12.9. The van der Waals surface area contributed by atoms with E-state index in [1.54, 1.807) is 6.08 Å². The van der Waals surface area contributed by atoms with Crippen molar-refractivity contribution in [3.63, 3.8) is 0 Å². The number of nitrogens with one attached hydrogen (secondary N) is 1. The van der Waals surface area contributed by atoms with Gasteiger partial charge in [0.1, 0.15) is 11.9 Å². The lowest BCUT2D eigenvalue weighted by molar-refractivity contribution is -0.116. The van der Waals surface area contributed by atoms with Gasteiger partial charge in [0, 0.05) is 16.9 Å². The monoisotopic (exact) mass is 366 g/mol. The van der Waals surface area contributed by atoms with E-state index < -0.39 is 0 Å². The van der Waals surface area contributed by atoms with Gasteiger partial charge in [-0.2, -0.15) is 0 Å². The smallest absolute Gasteiger partial charge is 0.276 e. The van der Waals surface area contributed by atoms with Crippen LogP contribution in [0, 0.1) is 5.92 Å². The number of thioether (sulfide) groups is 1. The van der Waals surface area contributed by atoms with Crippen molar-refractivity contribution < 1.29 is 4.79 Å². The third kappa shape index (κ3) is 3.09. The van der Waals surface area contributed by atoms with E-state index in [9.17, 15) is 4.79 Å². The lowest BCUT2D eigenvalue weighted by Crippen LogP contribution is -2.54. The fourth-order valence-electron chi connectivity index (χ4n) is 3.62. The fourth-order valence-corrected chi connectivity index (χ4v) is 4.20. The predicted octanol–water partition coefficient (Wildman–Crippen LogP) is 2.12. The van der Waals surface area contributed by atoms with Crippen molar-refractivity contribution in [2.24, 2.45) is 16.0 Å². The van der Waals surface area contributed by atoms with E-state index in [0.717, 1.165) is 29.8 Å². The highest BCUT2D eigenvalue weighted by atomic mass is 32.2. The van der Waals surface area contributed by atoms with Crippen LogP contribution in [-0.2, 0) is 4.79 Å². The molecular formula is C20H22N4OS. The van der Waals surface area contributed by atoms with Crippen LogP contribution in [0.25, 0.3) is 5.70 Å². The van der Waals surface area contributed by atoms with Gasteiger partial charge in [-0.1, -0.05) is 47.7 Å². The molecule has 26 heavy (non-hydrogen) atoms. The second-order valence-corrected chi connectivity index (χ2v) is 7.81. The second-order valence-electron chi connectivity index (χ2n) is 6.80. The molecule has 0 unspecified atom stereocenters. The second kappa shape index (κ2) is 7.11. The molecule has 2 heterocycles. The van der Waals surface area contributed by atoms with Crippen molar-refractivity contribution in [3.05, 3.63) is 59.1 Å². The van der Waals surface area contributed by atoms with E-state index in [0.29, 0.717) is 22.5 Å². The van der Waals surface area contributed by atoms with Gasteiger partial charge in [0.05, 0.1) is 5.36 Å². The molecule has 0 radical (unpaired) electrons. The number of carbonyl (C=O) groups is 1. The molecule has 6 heteroatoms. The highest BCUT2D eigenvalue weighted by molar-refractivity contribution is 8.14. The van der Waals surface area contributed by atoms with Gasteiger partial charge in [-0.05, 0) is 32.3 Å². The zero-order valence-electron chi connectivity index (χ0n) is 14.8. The number of benzene rings is 1. The van der Waals surface area contributed by atoms with Crippen molar-refractivity contribution in [3.8, 4) is 0 Å². The minimum absolute atomic E-state index is 0.110. The summed E-state index contributed by atoms with van der Waals surface area (Å²) in [7, 11) is 0. The Balaban J connectivity index is 1.81. The van der Waals surface area contributed by atoms with Crippen molar-refractivity contribution in [2.75, 3.05) is 5.75 Å². The summed E-state index contributed by atoms with van der Waals surface area (Å²) >= 11 is 1.48. The molecule has 3 aliphatic rings. The van der Waals surface area contributed by atoms with E-state index >= 15 is 0 Å². The summed E-state index contributed by atoms with van der Waals surface area (Å²) in [5, 5.41) is 11.9. The number of para-hydroxylation sites is 1. The first-order chi connectivity index (χ1) is 12.7. The van der Waals surface area contributed by atoms with E-state index in [-0.39, 0.29) is 12.1 Å². The van der Waals surface area contributed by atoms with Crippen molar-refractivity contribution in [1.29, 1.82) is 0 Å². The number of hydrogen-bond donors (Lipinski definition) is 1. The standard InChI is InChI=1S/C20H22N4OS/c1-3-12-26-20-22-19(25)17-15-6-4-5-7-16(15)21-18(24(17)23-20)14-10-8-13(2)9-11-14/h3-8,14,18H,1,9-12H2,2H3,(H,22,23,25)/t14-,18+/m0/s1. The first kappa shape index (κ1) is 17.1. The van der Waals surface area contributed by atoms with E-state index in [1.165, 1.54) is 17.3 Å². The summed E-state index contributed by atoms with van der Waals surface area (Å²) in [5.41, 5.74) is 2.04. The number of nitrogens with zero attached hydrogens (tertiary/aromatic N) is 3. The van der Waals surface area contributed by atoms with Crippen LogP contribution >= 0.6 is 11.8 Å². The highest BCUT2D eigenvalue weighted by Gasteiger charge is 2.37. The summed E-state index contributed by atoms with van der Waals surface area (Å²) in [6.45, 7) is 5.92. The topological polar surface area (TPSA) is 57.1 Å². The van der Waals surface area contributed by atoms with Crippen LogP contribution < -0.4 is 15.9 Å². The molecule has 1 aliphatic carbocycles. The number of rotatable bonds is 3. The molecule has 4 rings (SSSR count). The summed E-state index contributed by atoms with van der Waals surface area (Å²) in [6.07, 6.45) is 7.07. The van der Waals surface area contributed by atoms with Crippen LogP contribution in [0.2, 0.25) is 0 Å². The molecule has 0 bridgehead atoms. The van der Waals surface area contributed by atoms with Gasteiger partial charge < -0.3 is 0 Å². The van der Waals surface area contributed by atoms with Crippen LogP contribution in [0.1, 0.15) is 26.2 Å². The lowest BCUT2D eigenvalue weighted by Gasteiger charge is -2.38. The van der Waals surface area contributed by atoms with Crippen LogP contribution in [-0.4, -0.2) is 28.0 Å². The molecule has 2 aliphatic heterocycles. The number of carbonyl (C=O) groups excluding carboxylic acids is 1. The minimum Gasteiger partial charge on any atom is -0.298 e. The van der Waals surface area contributed by atoms with Gasteiger partial charge in [-0.25, -0.2) is 5.01 Å². The summed E-state index contributed by atoms with van der Waals surface area (Å²) in [4.78, 5) is 17.9. The molecule has 1 aromatic rings. The molecule has 1 N–H and O–H groups in total. The normalized spacial score (nSPS) is 24.6. The number of amidine groups is 1. The maximum Gasteiger partial charge on any atom is 0.276 e. The quantitative estimate of drug-likeness (QED) is 0.834. The molecule has 0 fully saturated rings. The van der Waals surface area contributed by atoms with Gasteiger partial charge in [-0.15, -0.1) is 11.7 Å². The molecule has 0 saturated carbocycles. The van der Waals surface area contributed by atoms with Crippen LogP contribution in [0.15, 0.2) is 58.7 Å². The van der Waals surface area contributed by atoms with E-state index in [2.05, 4.69) is 24.9 Å². The molecule has 0 spiro atoms. The maximum absolute atomic E-state index is 12.9. The molecular weight excluding hydrogens is 344 g/mol. The number of allylic oxidation sites excluding steroid dienone is 2. The van der Waals surface area contributed by atoms with E-state index in [4.69, 9.17) is 10.1 Å². The zero-order valence-corrected chi connectivity index (χ0v) is 15.6. The van der Waals surface area contributed by atoms with Gasteiger partial charge in [0.15, 0.2) is 5.17 Å². The molecule has 0 saturated heterocycles. The number of fused-ring (bicyclic) bond motifs is 2. The Bertz CT molecular complexity index is 933. The Hall–Kier alpha value is -2.34. The molecule has 0 aromatic heterocycles. The van der Waals surface area contributed by atoms with Crippen molar-refractivity contribution in [1.82, 2.24) is 10.3 Å². The Morgan fingerprint density at radius 3 is 3.04 bits per heavy atom. The first-order valence-electron chi connectivity index (χ1n) is 8.93. The number of amides is 1. The first-order valence-corrected chi connectivity index (χ1v) is 9.91. The average molecular weight is 366 g/mol. The molecule has 5 nitrogen and oxygen atoms in total. The van der Waals surface area contributed by atoms with Crippen molar-refractivity contribution in [2.45, 2.75) is 32.4 Å². The SMILES string of the molecule is C=CCSC1=NN2C(=c3ccccc3=N[C@H]2[C@H]2CC=C(C)CC2)C(=O)N1. The highest BCUT2D eigenvalue weighted by Crippen LogP contribution is 2.32. The summed E-state index contributed by atoms with van der Waals surface area (Å²) < 4.78 is 0. The van der Waals surface area contributed by atoms with Gasteiger partial charge >= 0.3 is 0 Å². The van der Waals surface area contributed by atoms with Gasteiger partial charge in [0.25, 0.3) is 5.91 Å². The predicted molar refractivity (Wildman–Crippen MR) is 106 cm³/mol. The number of hydrogen-bond acceptors (Lipinski definition) is 5. The number of hydrazone groups is 1. The third-order valence-corrected chi connectivity index (χ3v) is 5.84. The van der Waals surface area contributed by atoms with Gasteiger partial charge in [0.2, 0.25) is 0 Å². The Morgan fingerprint density at radius 2 is 2.27 bits per heavy atom. The van der Waals surface area contributed by atoms with Crippen LogP contribution in [0.4, 0.5) is 0 Å². The molecule has 134 valence electrons. The average Bonchev–Trinajstić information content (AvgIpc) is 2.66. The van der Waals surface area contributed by atoms with Crippen LogP contribution in [0.3, 0.4) is 0 Å². The third-order valence-electron chi connectivity index (χ3n) is 4.98. The fraction of sp³-hybridized carbons (Fsp3) is 0.350. The Labute approximate surface area is 157 Å². The summed E-state index contributed by atoms with van der Waals surface area (Å²) in [5.74, 6) is 0.940. The molecule has 2 atom stereocenters. The van der Waals surface area contributed by atoms with E-state index in [1.807, 2.05) is 29.3 Å². The molecule has 1 aromatic carbocycles. The zero-order chi connectivity index (χ0) is 18.1. The molecule has 1 amide bonds. The minimum atomic E-state index is -0.144. The summed E-state index contributed by atoms with van der Waals surface area (Å²) in [6, 6.07) is 7.83. The lowest BCUT2D eigenvalue weighted by atomic mass is 9.87. The Morgan fingerprint density at radius 1 is 1.42 bits per heavy atom. The Kier molecular flexibility index (Phi) is 4.68. The van der Waals surface area contributed by atoms with Crippen LogP contribution in [0.5, 0.6) is 0 Å². The largest absolute Gasteiger partial charge is 0.298 e. The van der Waals surface area contributed by atoms with Gasteiger partial charge in [-0.3, -0.25) is 15.1 Å².